The van der Waals surface area contributed by atoms with E-state index in [-0.39, 0.29) is 30.0 Å². The zero-order valence-corrected chi connectivity index (χ0v) is 40.5. The molecule has 54 heavy (non-hydrogen) atoms. The molecular formula is C42H82O9Si3. The van der Waals surface area contributed by atoms with Crippen LogP contribution < -0.4 is 4.74 Å². The first-order chi connectivity index (χ1) is 25.1. The van der Waals surface area contributed by atoms with Crippen LogP contribution in [0.15, 0.2) is 24.3 Å². The number of rotatable bonds is 28. The highest BCUT2D eigenvalue weighted by atomic mass is 28.4. The summed E-state index contributed by atoms with van der Waals surface area (Å²) in [5.74, 6) is -0.292. The lowest BCUT2D eigenvalue weighted by Gasteiger charge is -2.44. The van der Waals surface area contributed by atoms with Crippen LogP contribution in [0.2, 0.25) is 52.9 Å². The molecule has 0 fully saturated rings. The maximum atomic E-state index is 13.0. The molecule has 5 atom stereocenters. The summed E-state index contributed by atoms with van der Waals surface area (Å²) in [6, 6.07) is 10.2. The molecule has 9 nitrogen and oxygen atoms in total. The number of benzene rings is 1. The monoisotopic (exact) mass is 815 g/mol. The zero-order valence-electron chi connectivity index (χ0n) is 37.5. The van der Waals surface area contributed by atoms with E-state index < -0.39 is 43.1 Å². The molecule has 0 saturated heterocycles. The van der Waals surface area contributed by atoms with Gasteiger partial charge in [0.25, 0.3) is 0 Å². The summed E-state index contributed by atoms with van der Waals surface area (Å²) in [6.45, 7) is 32.5. The number of carbonyl (C=O) groups is 1. The van der Waals surface area contributed by atoms with Crippen LogP contribution in [0.25, 0.3) is 0 Å². The predicted octanol–water partition coefficient (Wildman–Crippen LogP) is 11.2. The third-order valence-electron chi connectivity index (χ3n) is 12.5. The highest BCUT2D eigenvalue weighted by Crippen LogP contribution is 2.43. The van der Waals surface area contributed by atoms with E-state index >= 15 is 0 Å². The van der Waals surface area contributed by atoms with Crippen LogP contribution in [0, 0.1) is 0 Å². The average molecular weight is 815 g/mol. The van der Waals surface area contributed by atoms with Crippen molar-refractivity contribution >= 4 is 30.9 Å². The van der Waals surface area contributed by atoms with Gasteiger partial charge in [-0.2, -0.15) is 0 Å². The second kappa shape index (κ2) is 23.3. The van der Waals surface area contributed by atoms with Crippen molar-refractivity contribution in [3.63, 3.8) is 0 Å². The van der Waals surface area contributed by atoms with Crippen molar-refractivity contribution in [1.82, 2.24) is 0 Å². The van der Waals surface area contributed by atoms with Gasteiger partial charge in [0.1, 0.15) is 5.75 Å². The largest absolute Gasteiger partial charge is 0.497 e. The smallest absolute Gasteiger partial charge is 0.335 e. The molecule has 0 spiro atoms. The van der Waals surface area contributed by atoms with E-state index in [1.165, 1.54) is 0 Å². The first-order valence-electron chi connectivity index (χ1n) is 20.7. The van der Waals surface area contributed by atoms with Gasteiger partial charge in [-0.05, 0) is 96.3 Å². The van der Waals surface area contributed by atoms with Crippen molar-refractivity contribution in [2.45, 2.75) is 199 Å². The molecule has 0 aliphatic heterocycles. The molecule has 0 aliphatic carbocycles. The number of methoxy groups -OCH3 is 3. The fourth-order valence-electron chi connectivity index (χ4n) is 7.94. The van der Waals surface area contributed by atoms with Crippen LogP contribution in [0.5, 0.6) is 5.75 Å². The summed E-state index contributed by atoms with van der Waals surface area (Å²) >= 11 is 0. The van der Waals surface area contributed by atoms with Gasteiger partial charge in [0, 0.05) is 20.8 Å². The lowest BCUT2D eigenvalue weighted by atomic mass is 9.97. The van der Waals surface area contributed by atoms with Crippen molar-refractivity contribution in [2.24, 2.45) is 0 Å². The van der Waals surface area contributed by atoms with E-state index in [9.17, 15) is 9.90 Å². The van der Waals surface area contributed by atoms with E-state index in [0.29, 0.717) is 36.1 Å². The van der Waals surface area contributed by atoms with Crippen molar-refractivity contribution in [3.8, 4) is 5.75 Å². The summed E-state index contributed by atoms with van der Waals surface area (Å²) in [5, 5.41) is 10.6. The lowest BCUT2D eigenvalue weighted by Crippen LogP contribution is -2.53. The third-order valence-corrected chi connectivity index (χ3v) is 27.8. The highest BCUT2D eigenvalue weighted by molar-refractivity contribution is 6.77. The zero-order chi connectivity index (χ0) is 41.5. The number of hydrogen-bond donors (Lipinski definition) is 1. The van der Waals surface area contributed by atoms with Gasteiger partial charge in [-0.3, -0.25) is 0 Å². The van der Waals surface area contributed by atoms with Gasteiger partial charge in [-0.25, -0.2) is 4.79 Å². The van der Waals surface area contributed by atoms with Crippen LogP contribution in [0.3, 0.4) is 0 Å². The Morgan fingerprint density at radius 1 is 0.741 bits per heavy atom. The van der Waals surface area contributed by atoms with Gasteiger partial charge < -0.3 is 37.3 Å². The summed E-state index contributed by atoms with van der Waals surface area (Å²) < 4.78 is 45.3. The Hall–Kier alpha value is -1.10. The highest BCUT2D eigenvalue weighted by Gasteiger charge is 2.46. The summed E-state index contributed by atoms with van der Waals surface area (Å²) in [4.78, 5) is 13.0. The van der Waals surface area contributed by atoms with E-state index in [1.807, 2.05) is 24.3 Å². The van der Waals surface area contributed by atoms with E-state index in [0.717, 1.165) is 42.3 Å². The summed E-state index contributed by atoms with van der Waals surface area (Å²) in [5.41, 5.74) is 2.42. The Morgan fingerprint density at radius 3 is 1.63 bits per heavy atom. The molecule has 1 aromatic carbocycles. The summed E-state index contributed by atoms with van der Waals surface area (Å²) in [6.07, 6.45) is -0.199. The minimum atomic E-state index is -2.29. The second-order valence-electron chi connectivity index (χ2n) is 17.6. The average Bonchev–Trinajstić information content (AvgIpc) is 3.10. The van der Waals surface area contributed by atoms with Crippen LogP contribution in [0.1, 0.15) is 114 Å². The van der Waals surface area contributed by atoms with Gasteiger partial charge in [-0.15, -0.1) is 0 Å². The molecule has 1 aromatic rings. The molecule has 0 bridgehead atoms. The number of carboxylic acids is 1. The number of ether oxygens (including phenoxy) is 4. The minimum absolute atomic E-state index is 0.0358. The normalized spacial score (nSPS) is 16.1. The molecular weight excluding hydrogens is 733 g/mol. The summed E-state index contributed by atoms with van der Waals surface area (Å²) in [7, 11) is -1.42. The maximum absolute atomic E-state index is 13.0. The van der Waals surface area contributed by atoms with Crippen LogP contribution in [-0.2, 0) is 38.9 Å². The Bertz CT molecular complexity index is 1150. The molecule has 5 unspecified atom stereocenters. The third kappa shape index (κ3) is 14.1. The van der Waals surface area contributed by atoms with Gasteiger partial charge in [0.15, 0.2) is 31.1 Å². The molecule has 0 saturated carbocycles. The molecule has 0 heterocycles. The van der Waals surface area contributed by atoms with Gasteiger partial charge in [0.2, 0.25) is 0 Å². The number of carboxylic acid groups (broad SMARTS) is 1. The second-order valence-corrected chi connectivity index (χ2v) is 32.5. The molecule has 1 rings (SSSR count). The molecule has 0 aliphatic rings. The SMILES string of the molecule is CC[Si](CC)(CC)OC(CCC(OC)C(O[Si](C)(C)C(C)(C)C)C(CCCO[Si](C(C)C)(C(C)C)C(C)C)OC)C(OCc1ccc(OC)cc1)C(=O)O. The standard InChI is InChI=1S/C42H82O9Si3/c1-18-53(19-2,20-3)50-38(40(41(43)44)48-30-34-23-25-35(45-13)26-24-34)28-27-37(47-15)39(51-52(16,17)42(10,11)12)36(46-14)22-21-29-49-54(31(4)5,32(6)7)33(8)9/h23-26,31-33,36-40H,18-22,27-30H2,1-17H3,(H,43,44). The molecule has 1 N–H and O–H groups in total. The Labute approximate surface area is 334 Å². The lowest BCUT2D eigenvalue weighted by molar-refractivity contribution is -0.160. The number of aliphatic carboxylic acids is 1. The quantitative estimate of drug-likeness (QED) is 0.0654. The van der Waals surface area contributed by atoms with E-state index in [2.05, 4.69) is 96.2 Å². The van der Waals surface area contributed by atoms with Crippen LogP contribution in [0.4, 0.5) is 0 Å². The molecule has 0 aromatic heterocycles. The maximum Gasteiger partial charge on any atom is 0.335 e. The van der Waals surface area contributed by atoms with Crippen molar-refractivity contribution in [1.29, 1.82) is 0 Å². The fraction of sp³-hybridized carbons (Fsp3) is 0.833. The molecule has 316 valence electrons. The number of hydrogen-bond acceptors (Lipinski definition) is 8. The van der Waals surface area contributed by atoms with Crippen molar-refractivity contribution in [3.05, 3.63) is 29.8 Å². The van der Waals surface area contributed by atoms with Crippen LogP contribution >= 0.6 is 0 Å². The van der Waals surface area contributed by atoms with Crippen molar-refractivity contribution < 1.29 is 42.1 Å². The van der Waals surface area contributed by atoms with Crippen molar-refractivity contribution in [2.75, 3.05) is 27.9 Å². The minimum Gasteiger partial charge on any atom is -0.497 e. The Morgan fingerprint density at radius 2 is 1.22 bits per heavy atom. The van der Waals surface area contributed by atoms with E-state index in [4.69, 9.17) is 32.2 Å². The Balaban J connectivity index is 3.49. The topological polar surface area (TPSA) is 102 Å². The van der Waals surface area contributed by atoms with Gasteiger partial charge >= 0.3 is 5.97 Å². The molecule has 12 heteroatoms. The first-order valence-corrected chi connectivity index (χ1v) is 28.3. The van der Waals surface area contributed by atoms with Gasteiger partial charge in [-0.1, -0.05) is 95.2 Å². The van der Waals surface area contributed by atoms with Gasteiger partial charge in [0.05, 0.1) is 38.1 Å². The van der Waals surface area contributed by atoms with Crippen LogP contribution in [-0.4, -0.2) is 94.5 Å². The van der Waals surface area contributed by atoms with E-state index in [1.54, 1.807) is 21.3 Å². The molecule has 0 amide bonds. The Kier molecular flexibility index (Phi) is 22.0. The fourth-order valence-corrected chi connectivity index (χ4v) is 17.7. The first kappa shape index (κ1) is 50.9. The predicted molar refractivity (Wildman–Crippen MR) is 230 cm³/mol. The molecule has 0 radical (unpaired) electrons.